The fourth-order valence-electron chi connectivity index (χ4n) is 2.08. The van der Waals surface area contributed by atoms with Crippen molar-refractivity contribution in [2.24, 2.45) is 5.73 Å². The summed E-state index contributed by atoms with van der Waals surface area (Å²) in [5.74, 6) is -0.151. The van der Waals surface area contributed by atoms with Gasteiger partial charge < -0.3 is 11.1 Å². The number of carbonyl (C=O) groups excluding carboxylic acids is 1. The fourth-order valence-corrected chi connectivity index (χ4v) is 2.73. The molecule has 2 rings (SSSR count). The number of amides is 1. The second kappa shape index (κ2) is 7.72. The topological polar surface area (TPSA) is 68.0 Å². The van der Waals surface area contributed by atoms with E-state index in [2.05, 4.69) is 36.3 Å². The van der Waals surface area contributed by atoms with Crippen molar-refractivity contribution < 1.29 is 4.79 Å². The summed E-state index contributed by atoms with van der Waals surface area (Å²) < 4.78 is 0. The van der Waals surface area contributed by atoms with Crippen molar-refractivity contribution in [1.29, 1.82) is 0 Å². The highest BCUT2D eigenvalue weighted by molar-refractivity contribution is 7.09. The molecule has 1 atom stereocenters. The van der Waals surface area contributed by atoms with Gasteiger partial charge in [0.05, 0.1) is 0 Å². The fraction of sp³-hybridized carbons (Fsp3) is 0.375. The lowest BCUT2D eigenvalue weighted by molar-refractivity contribution is 0.0919. The van der Waals surface area contributed by atoms with E-state index in [-0.39, 0.29) is 29.8 Å². The molecule has 4 nitrogen and oxygen atoms in total. The van der Waals surface area contributed by atoms with Gasteiger partial charge >= 0.3 is 0 Å². The van der Waals surface area contributed by atoms with Crippen molar-refractivity contribution in [2.75, 3.05) is 0 Å². The van der Waals surface area contributed by atoms with E-state index in [1.54, 1.807) is 5.38 Å². The molecule has 0 aliphatic carbocycles. The van der Waals surface area contributed by atoms with Crippen molar-refractivity contribution in [3.8, 4) is 0 Å². The van der Waals surface area contributed by atoms with E-state index in [1.165, 1.54) is 16.9 Å². The Kier molecular flexibility index (Phi) is 6.53. The van der Waals surface area contributed by atoms with Crippen LogP contribution in [0.3, 0.4) is 0 Å². The molecule has 0 radical (unpaired) electrons. The van der Waals surface area contributed by atoms with E-state index in [0.717, 1.165) is 5.01 Å². The molecule has 0 aliphatic rings. The number of thiazole rings is 1. The molecule has 0 bridgehead atoms. The molecule has 0 fully saturated rings. The first-order valence-corrected chi connectivity index (χ1v) is 7.84. The summed E-state index contributed by atoms with van der Waals surface area (Å²) in [5, 5.41) is 5.56. The standard InChI is InChI=1S/C16H21N3OS.ClH/c1-11(16(2,3)12-7-5-4-6-8-12)18-15(20)13-10-21-14(9-17)19-13;/h4-8,10-11H,9,17H2,1-3H3,(H,18,20);1H. The number of carbonyl (C=O) groups is 1. The third-order valence-corrected chi connectivity index (χ3v) is 4.78. The zero-order valence-corrected chi connectivity index (χ0v) is 14.6. The molecule has 1 aromatic heterocycles. The number of halogens is 1. The molecule has 120 valence electrons. The Bertz CT molecular complexity index is 613. The summed E-state index contributed by atoms with van der Waals surface area (Å²) in [6, 6.07) is 10.2. The molecule has 0 spiro atoms. The van der Waals surface area contributed by atoms with Crippen molar-refractivity contribution in [3.63, 3.8) is 0 Å². The SMILES string of the molecule is CC(NC(=O)c1csc(CN)n1)C(C)(C)c1ccccc1.Cl. The predicted molar refractivity (Wildman–Crippen MR) is 93.6 cm³/mol. The first-order valence-electron chi connectivity index (χ1n) is 6.96. The average molecular weight is 340 g/mol. The van der Waals surface area contributed by atoms with Crippen LogP contribution in [0.4, 0.5) is 0 Å². The van der Waals surface area contributed by atoms with Gasteiger partial charge in [0.2, 0.25) is 0 Å². The lowest BCUT2D eigenvalue weighted by Crippen LogP contribution is -2.45. The Morgan fingerprint density at radius 3 is 2.55 bits per heavy atom. The van der Waals surface area contributed by atoms with Crippen LogP contribution < -0.4 is 11.1 Å². The molecular weight excluding hydrogens is 318 g/mol. The van der Waals surface area contributed by atoms with Crippen molar-refractivity contribution in [1.82, 2.24) is 10.3 Å². The molecule has 1 unspecified atom stereocenters. The molecular formula is C16H22ClN3OS. The summed E-state index contributed by atoms with van der Waals surface area (Å²) in [4.78, 5) is 16.5. The second-order valence-electron chi connectivity index (χ2n) is 5.61. The van der Waals surface area contributed by atoms with Crippen molar-refractivity contribution in [3.05, 3.63) is 52.0 Å². The molecule has 0 aliphatic heterocycles. The van der Waals surface area contributed by atoms with E-state index in [9.17, 15) is 4.79 Å². The third kappa shape index (κ3) is 4.06. The smallest absolute Gasteiger partial charge is 0.270 e. The van der Waals surface area contributed by atoms with Crippen LogP contribution in [-0.2, 0) is 12.0 Å². The largest absolute Gasteiger partial charge is 0.347 e. The molecule has 0 saturated heterocycles. The summed E-state index contributed by atoms with van der Waals surface area (Å²) in [6.45, 7) is 6.63. The molecule has 1 aromatic carbocycles. The first kappa shape index (κ1) is 18.6. The van der Waals surface area contributed by atoms with Crippen LogP contribution in [0.5, 0.6) is 0 Å². The van der Waals surface area contributed by atoms with Gasteiger partial charge in [0, 0.05) is 23.4 Å². The molecule has 2 aromatic rings. The van der Waals surface area contributed by atoms with Gasteiger partial charge in [0.15, 0.2) is 0 Å². The minimum atomic E-state index is -0.163. The van der Waals surface area contributed by atoms with Crippen LogP contribution in [0.15, 0.2) is 35.7 Å². The molecule has 1 heterocycles. The van der Waals surface area contributed by atoms with Gasteiger partial charge in [0.1, 0.15) is 10.7 Å². The summed E-state index contributed by atoms with van der Waals surface area (Å²) in [6.07, 6.45) is 0. The molecule has 3 N–H and O–H groups in total. The van der Waals surface area contributed by atoms with Gasteiger partial charge in [0.25, 0.3) is 5.91 Å². The third-order valence-electron chi connectivity index (χ3n) is 3.91. The number of nitrogens with zero attached hydrogens (tertiary/aromatic N) is 1. The first-order chi connectivity index (χ1) is 9.95. The Labute approximate surface area is 141 Å². The van der Waals surface area contributed by atoms with Gasteiger partial charge in [-0.25, -0.2) is 4.98 Å². The van der Waals surface area contributed by atoms with Gasteiger partial charge in [-0.1, -0.05) is 44.2 Å². The monoisotopic (exact) mass is 339 g/mol. The van der Waals surface area contributed by atoms with Crippen molar-refractivity contribution >= 4 is 29.7 Å². The van der Waals surface area contributed by atoms with Crippen LogP contribution in [0.1, 0.15) is 41.8 Å². The maximum atomic E-state index is 12.3. The van der Waals surface area contributed by atoms with Crippen LogP contribution in [0.2, 0.25) is 0 Å². The van der Waals surface area contributed by atoms with Crippen LogP contribution in [0, 0.1) is 0 Å². The lowest BCUT2D eigenvalue weighted by Gasteiger charge is -2.32. The zero-order chi connectivity index (χ0) is 15.5. The van der Waals surface area contributed by atoms with Gasteiger partial charge in [-0.15, -0.1) is 23.7 Å². The van der Waals surface area contributed by atoms with Crippen molar-refractivity contribution in [2.45, 2.75) is 38.8 Å². The molecule has 1 amide bonds. The van der Waals surface area contributed by atoms with E-state index >= 15 is 0 Å². The summed E-state index contributed by atoms with van der Waals surface area (Å²) >= 11 is 1.41. The minimum absolute atomic E-state index is 0. The summed E-state index contributed by atoms with van der Waals surface area (Å²) in [5.41, 5.74) is 7.00. The number of aromatic nitrogens is 1. The average Bonchev–Trinajstić information content (AvgIpc) is 2.97. The lowest BCUT2D eigenvalue weighted by atomic mass is 9.78. The van der Waals surface area contributed by atoms with Gasteiger partial charge in [-0.3, -0.25) is 4.79 Å². The Balaban J connectivity index is 0.00000242. The molecule has 6 heteroatoms. The highest BCUT2D eigenvalue weighted by Crippen LogP contribution is 2.27. The number of hydrogen-bond donors (Lipinski definition) is 2. The van der Waals surface area contributed by atoms with E-state index in [0.29, 0.717) is 12.2 Å². The number of nitrogens with one attached hydrogen (secondary N) is 1. The van der Waals surface area contributed by atoms with Crippen LogP contribution in [0.25, 0.3) is 0 Å². The van der Waals surface area contributed by atoms with E-state index in [1.807, 2.05) is 25.1 Å². The highest BCUT2D eigenvalue weighted by atomic mass is 35.5. The maximum Gasteiger partial charge on any atom is 0.270 e. The number of nitrogens with two attached hydrogens (primary N) is 1. The maximum absolute atomic E-state index is 12.3. The molecule has 22 heavy (non-hydrogen) atoms. The number of hydrogen-bond acceptors (Lipinski definition) is 4. The van der Waals surface area contributed by atoms with Gasteiger partial charge in [-0.05, 0) is 12.5 Å². The molecule has 0 saturated carbocycles. The number of benzene rings is 1. The predicted octanol–water partition coefficient (Wildman–Crippen LogP) is 3.12. The normalized spacial score (nSPS) is 12.4. The van der Waals surface area contributed by atoms with Crippen LogP contribution in [-0.4, -0.2) is 16.9 Å². The minimum Gasteiger partial charge on any atom is -0.347 e. The Morgan fingerprint density at radius 1 is 1.36 bits per heavy atom. The number of rotatable bonds is 5. The summed E-state index contributed by atoms with van der Waals surface area (Å²) in [7, 11) is 0. The quantitative estimate of drug-likeness (QED) is 0.879. The van der Waals surface area contributed by atoms with Crippen LogP contribution >= 0.6 is 23.7 Å². The van der Waals surface area contributed by atoms with E-state index in [4.69, 9.17) is 5.73 Å². The zero-order valence-electron chi connectivity index (χ0n) is 13.0. The Morgan fingerprint density at radius 2 is 2.00 bits per heavy atom. The van der Waals surface area contributed by atoms with E-state index < -0.39 is 0 Å². The van der Waals surface area contributed by atoms with Gasteiger partial charge in [-0.2, -0.15) is 0 Å². The second-order valence-corrected chi connectivity index (χ2v) is 6.56. The highest BCUT2D eigenvalue weighted by Gasteiger charge is 2.29. The Hall–Kier alpha value is -1.43.